The van der Waals surface area contributed by atoms with Crippen molar-refractivity contribution in [3.63, 3.8) is 0 Å². The lowest BCUT2D eigenvalue weighted by molar-refractivity contribution is 0.304. The lowest BCUT2D eigenvalue weighted by atomic mass is 10.2. The Hall–Kier alpha value is -2.23. The Morgan fingerprint density at radius 2 is 1.88 bits per heavy atom. The first-order valence-electron chi connectivity index (χ1n) is 5.09. The van der Waals surface area contributed by atoms with Gasteiger partial charge in [-0.25, -0.2) is 4.39 Å². The van der Waals surface area contributed by atoms with Gasteiger partial charge < -0.3 is 4.74 Å². The Kier molecular flexibility index (Phi) is 3.45. The van der Waals surface area contributed by atoms with Gasteiger partial charge in [-0.05, 0) is 22.9 Å². The van der Waals surface area contributed by atoms with Crippen LogP contribution in [0.15, 0.2) is 53.7 Å². The third-order valence-electron chi connectivity index (χ3n) is 2.27. The summed E-state index contributed by atoms with van der Waals surface area (Å²) in [6.45, 7) is 0.355. The number of ether oxygens (including phenoxy) is 1. The van der Waals surface area contributed by atoms with Crippen LogP contribution in [0.1, 0.15) is 5.56 Å². The Morgan fingerprint density at radius 3 is 2.53 bits per heavy atom. The number of hydrogen-bond acceptors (Lipinski definition) is 3. The maximum atomic E-state index is 13.2. The molecule has 0 fully saturated rings. The maximum absolute atomic E-state index is 13.2. The largest absolute Gasteiger partial charge is 0.489 e. The van der Waals surface area contributed by atoms with Crippen LogP contribution in [0.25, 0.3) is 0 Å². The van der Waals surface area contributed by atoms with Crippen molar-refractivity contribution in [2.45, 2.75) is 6.61 Å². The first-order valence-corrected chi connectivity index (χ1v) is 5.09. The Labute approximate surface area is 97.8 Å². The summed E-state index contributed by atoms with van der Waals surface area (Å²) in [6.07, 6.45) is 0. The average Bonchev–Trinajstić information content (AvgIpc) is 2.38. The summed E-state index contributed by atoms with van der Waals surface area (Å²) in [7, 11) is 0. The van der Waals surface area contributed by atoms with Crippen LogP contribution in [-0.2, 0) is 6.61 Å². The molecule has 86 valence electrons. The van der Waals surface area contributed by atoms with Crippen LogP contribution in [-0.4, -0.2) is 0 Å². The molecule has 0 atom stereocenters. The fourth-order valence-electron chi connectivity index (χ4n) is 1.39. The van der Waals surface area contributed by atoms with E-state index >= 15 is 0 Å². The molecule has 2 rings (SSSR count). The second-order valence-electron chi connectivity index (χ2n) is 3.48. The molecule has 4 heteroatoms. The quantitative estimate of drug-likeness (QED) is 0.750. The average molecular weight is 231 g/mol. The van der Waals surface area contributed by atoms with E-state index in [-0.39, 0.29) is 5.69 Å². The van der Waals surface area contributed by atoms with Crippen molar-refractivity contribution in [2.24, 2.45) is 5.18 Å². The minimum absolute atomic E-state index is 0.211. The molecule has 2 aromatic rings. The van der Waals surface area contributed by atoms with Gasteiger partial charge in [-0.1, -0.05) is 30.3 Å². The SMILES string of the molecule is O=Nc1ccc(OCc2ccccc2)cc1F. The van der Waals surface area contributed by atoms with Crippen molar-refractivity contribution in [2.75, 3.05) is 0 Å². The van der Waals surface area contributed by atoms with Gasteiger partial charge in [0, 0.05) is 6.07 Å². The molecule has 0 N–H and O–H groups in total. The van der Waals surface area contributed by atoms with E-state index in [0.29, 0.717) is 12.4 Å². The highest BCUT2D eigenvalue weighted by molar-refractivity contribution is 5.42. The van der Waals surface area contributed by atoms with Crippen LogP contribution in [0.5, 0.6) is 5.75 Å². The molecule has 0 heterocycles. The first kappa shape index (κ1) is 11.3. The Bertz CT molecular complexity index is 514. The molecule has 2 aromatic carbocycles. The van der Waals surface area contributed by atoms with Gasteiger partial charge in [0.15, 0.2) is 5.82 Å². The first-order chi connectivity index (χ1) is 8.29. The molecule has 3 nitrogen and oxygen atoms in total. The molecular formula is C13H10FNO2. The van der Waals surface area contributed by atoms with Crippen LogP contribution < -0.4 is 4.74 Å². The predicted molar refractivity (Wildman–Crippen MR) is 62.6 cm³/mol. The van der Waals surface area contributed by atoms with Crippen molar-refractivity contribution in [1.29, 1.82) is 0 Å². The molecule has 0 unspecified atom stereocenters. The van der Waals surface area contributed by atoms with Crippen molar-refractivity contribution in [3.8, 4) is 5.75 Å². The molecular weight excluding hydrogens is 221 g/mol. The molecule has 0 aromatic heterocycles. The van der Waals surface area contributed by atoms with E-state index in [4.69, 9.17) is 4.74 Å². The Balaban J connectivity index is 2.05. The third kappa shape index (κ3) is 2.87. The second-order valence-corrected chi connectivity index (χ2v) is 3.48. The highest BCUT2D eigenvalue weighted by Gasteiger charge is 2.04. The number of hydrogen-bond donors (Lipinski definition) is 0. The lowest BCUT2D eigenvalue weighted by Gasteiger charge is -2.06. The second kappa shape index (κ2) is 5.21. The molecule has 0 aliphatic heterocycles. The summed E-state index contributed by atoms with van der Waals surface area (Å²) in [5.41, 5.74) is 0.780. The van der Waals surface area contributed by atoms with Crippen LogP contribution in [0.2, 0.25) is 0 Å². The van der Waals surface area contributed by atoms with Crippen LogP contribution in [0, 0.1) is 10.7 Å². The Morgan fingerprint density at radius 1 is 1.12 bits per heavy atom. The van der Waals surface area contributed by atoms with Crippen LogP contribution in [0.4, 0.5) is 10.1 Å². The fourth-order valence-corrected chi connectivity index (χ4v) is 1.39. The van der Waals surface area contributed by atoms with Crippen LogP contribution in [0.3, 0.4) is 0 Å². The molecule has 0 radical (unpaired) electrons. The fraction of sp³-hybridized carbons (Fsp3) is 0.0769. The summed E-state index contributed by atoms with van der Waals surface area (Å²) in [5.74, 6) is -0.302. The van der Waals surface area contributed by atoms with E-state index in [9.17, 15) is 9.30 Å². The van der Waals surface area contributed by atoms with Gasteiger partial charge in [0.25, 0.3) is 0 Å². The van der Waals surface area contributed by atoms with E-state index in [2.05, 4.69) is 5.18 Å². The maximum Gasteiger partial charge on any atom is 0.156 e. The highest BCUT2D eigenvalue weighted by Crippen LogP contribution is 2.23. The topological polar surface area (TPSA) is 38.7 Å². The van der Waals surface area contributed by atoms with Gasteiger partial charge in [0.1, 0.15) is 18.0 Å². The van der Waals surface area contributed by atoms with Gasteiger partial charge in [0.2, 0.25) is 0 Å². The van der Waals surface area contributed by atoms with E-state index in [1.165, 1.54) is 12.1 Å². The minimum Gasteiger partial charge on any atom is -0.489 e. The summed E-state index contributed by atoms with van der Waals surface area (Å²) >= 11 is 0. The zero-order chi connectivity index (χ0) is 12.1. The normalized spacial score (nSPS) is 9.94. The number of rotatable bonds is 4. The molecule has 0 saturated carbocycles. The smallest absolute Gasteiger partial charge is 0.156 e. The number of benzene rings is 2. The van der Waals surface area contributed by atoms with Crippen LogP contribution >= 0.6 is 0 Å². The standard InChI is InChI=1S/C13H10FNO2/c14-12-8-11(6-7-13(12)15-16)17-9-10-4-2-1-3-5-10/h1-8H,9H2. The van der Waals surface area contributed by atoms with Gasteiger partial charge in [-0.3, -0.25) is 0 Å². The monoisotopic (exact) mass is 231 g/mol. The lowest BCUT2D eigenvalue weighted by Crippen LogP contribution is -1.95. The van der Waals surface area contributed by atoms with E-state index < -0.39 is 5.82 Å². The molecule has 0 spiro atoms. The van der Waals surface area contributed by atoms with Crippen molar-refractivity contribution in [1.82, 2.24) is 0 Å². The summed E-state index contributed by atoms with van der Waals surface area (Å²) in [5, 5.41) is 2.55. The van der Waals surface area contributed by atoms with Gasteiger partial charge in [0.05, 0.1) is 0 Å². The highest BCUT2D eigenvalue weighted by atomic mass is 19.1. The van der Waals surface area contributed by atoms with E-state index in [1.807, 2.05) is 30.3 Å². The third-order valence-corrected chi connectivity index (χ3v) is 2.27. The minimum atomic E-state index is -0.675. The van der Waals surface area contributed by atoms with Crippen molar-refractivity contribution < 1.29 is 9.13 Å². The summed E-state index contributed by atoms with van der Waals surface area (Å²) < 4.78 is 18.6. The van der Waals surface area contributed by atoms with Crippen molar-refractivity contribution in [3.05, 3.63) is 64.8 Å². The van der Waals surface area contributed by atoms with E-state index in [1.54, 1.807) is 0 Å². The number of halogens is 1. The molecule has 0 amide bonds. The molecule has 0 aliphatic carbocycles. The van der Waals surface area contributed by atoms with Gasteiger partial charge >= 0.3 is 0 Å². The predicted octanol–water partition coefficient (Wildman–Crippen LogP) is 3.80. The number of nitrogens with zero attached hydrogens (tertiary/aromatic N) is 1. The summed E-state index contributed by atoms with van der Waals surface area (Å²) in [4.78, 5) is 10.2. The molecule has 0 bridgehead atoms. The van der Waals surface area contributed by atoms with Crippen molar-refractivity contribution >= 4 is 5.69 Å². The summed E-state index contributed by atoms with van der Waals surface area (Å²) in [6, 6.07) is 13.5. The zero-order valence-electron chi connectivity index (χ0n) is 8.97. The zero-order valence-corrected chi connectivity index (χ0v) is 8.97. The molecule has 0 aliphatic rings. The van der Waals surface area contributed by atoms with Gasteiger partial charge in [-0.15, -0.1) is 4.91 Å². The number of nitroso groups, excluding NO2 is 1. The molecule has 17 heavy (non-hydrogen) atoms. The van der Waals surface area contributed by atoms with E-state index in [0.717, 1.165) is 11.6 Å². The van der Waals surface area contributed by atoms with Gasteiger partial charge in [-0.2, -0.15) is 0 Å². The molecule has 0 saturated heterocycles.